The van der Waals surface area contributed by atoms with Crippen LogP contribution in [0.15, 0.2) is 35.2 Å². The SMILES string of the molecule is CCC[Si](OC)(OC)OC(N)S(=O)(=O)c1ccccc1. The summed E-state index contributed by atoms with van der Waals surface area (Å²) >= 11 is 0. The first kappa shape index (κ1) is 17.3. The highest BCUT2D eigenvalue weighted by Gasteiger charge is 2.43. The number of hydrogen-bond donors (Lipinski definition) is 1. The molecule has 0 aromatic heterocycles. The molecule has 0 radical (unpaired) electrons. The molecule has 0 aliphatic heterocycles. The fourth-order valence-corrected chi connectivity index (χ4v) is 5.34. The maximum atomic E-state index is 12.3. The smallest absolute Gasteiger partial charge is 0.377 e. The van der Waals surface area contributed by atoms with Crippen LogP contribution >= 0.6 is 0 Å². The third-order valence-corrected chi connectivity index (χ3v) is 7.63. The van der Waals surface area contributed by atoms with Crippen molar-refractivity contribution in [2.24, 2.45) is 5.73 Å². The van der Waals surface area contributed by atoms with Crippen molar-refractivity contribution in [2.75, 3.05) is 14.2 Å². The minimum atomic E-state index is -3.78. The second-order valence-electron chi connectivity index (χ2n) is 4.19. The fourth-order valence-electron chi connectivity index (χ4n) is 1.73. The number of sulfone groups is 1. The molecule has 0 saturated carbocycles. The van der Waals surface area contributed by atoms with Crippen LogP contribution in [0.3, 0.4) is 0 Å². The highest BCUT2D eigenvalue weighted by Crippen LogP contribution is 2.21. The minimum Gasteiger partial charge on any atom is -0.377 e. The molecule has 2 N–H and O–H groups in total. The van der Waals surface area contributed by atoms with E-state index in [2.05, 4.69) is 0 Å². The Kier molecular flexibility index (Phi) is 6.30. The Hall–Kier alpha value is -0.773. The van der Waals surface area contributed by atoms with Gasteiger partial charge in [0.05, 0.1) is 4.90 Å². The molecule has 0 bridgehead atoms. The lowest BCUT2D eigenvalue weighted by atomic mass is 10.4. The summed E-state index contributed by atoms with van der Waals surface area (Å²) < 4.78 is 40.7. The van der Waals surface area contributed by atoms with E-state index in [1.165, 1.54) is 26.4 Å². The molecule has 0 aliphatic rings. The Labute approximate surface area is 121 Å². The molecule has 0 spiro atoms. The van der Waals surface area contributed by atoms with Crippen LogP contribution in [0.25, 0.3) is 0 Å². The van der Waals surface area contributed by atoms with Crippen LogP contribution in [0.4, 0.5) is 0 Å². The van der Waals surface area contributed by atoms with E-state index in [1.54, 1.807) is 18.2 Å². The van der Waals surface area contributed by atoms with E-state index in [1.807, 2.05) is 6.92 Å². The molecule has 6 nitrogen and oxygen atoms in total. The molecule has 1 rings (SSSR count). The lowest BCUT2D eigenvalue weighted by Gasteiger charge is -2.28. The van der Waals surface area contributed by atoms with E-state index in [4.69, 9.17) is 19.0 Å². The molecule has 0 saturated heterocycles. The summed E-state index contributed by atoms with van der Waals surface area (Å²) in [4.78, 5) is 0.110. The molecule has 1 aromatic rings. The molecule has 8 heteroatoms. The predicted molar refractivity (Wildman–Crippen MR) is 77.6 cm³/mol. The van der Waals surface area contributed by atoms with E-state index in [0.29, 0.717) is 6.04 Å². The minimum absolute atomic E-state index is 0.110. The van der Waals surface area contributed by atoms with E-state index in [0.717, 1.165) is 6.42 Å². The Bertz CT molecular complexity index is 504. The first-order chi connectivity index (χ1) is 9.41. The van der Waals surface area contributed by atoms with Crippen molar-refractivity contribution in [1.82, 2.24) is 0 Å². The van der Waals surface area contributed by atoms with E-state index < -0.39 is 24.2 Å². The molecule has 1 unspecified atom stereocenters. The third-order valence-electron chi connectivity index (χ3n) is 2.85. The van der Waals surface area contributed by atoms with E-state index in [9.17, 15) is 8.42 Å². The average Bonchev–Trinajstić information content (AvgIpc) is 2.47. The van der Waals surface area contributed by atoms with Crippen molar-refractivity contribution >= 4 is 18.6 Å². The van der Waals surface area contributed by atoms with Crippen molar-refractivity contribution in [1.29, 1.82) is 0 Å². The molecule has 0 fully saturated rings. The van der Waals surface area contributed by atoms with Gasteiger partial charge in [0.15, 0.2) is 0 Å². The lowest BCUT2D eigenvalue weighted by Crippen LogP contribution is -2.51. The van der Waals surface area contributed by atoms with Gasteiger partial charge in [0.2, 0.25) is 15.4 Å². The molecule has 20 heavy (non-hydrogen) atoms. The van der Waals surface area contributed by atoms with Crippen LogP contribution in [-0.2, 0) is 23.1 Å². The van der Waals surface area contributed by atoms with Gasteiger partial charge in [0, 0.05) is 20.3 Å². The average molecular weight is 319 g/mol. The molecular weight excluding hydrogens is 298 g/mol. The summed E-state index contributed by atoms with van der Waals surface area (Å²) in [5.74, 6) is 0. The molecule has 1 atom stereocenters. The zero-order chi connectivity index (χ0) is 15.2. The normalized spacial score (nSPS) is 14.2. The van der Waals surface area contributed by atoms with Crippen LogP contribution in [0.1, 0.15) is 13.3 Å². The predicted octanol–water partition coefficient (Wildman–Crippen LogP) is 1.36. The Morgan fingerprint density at radius 3 is 2.20 bits per heavy atom. The Balaban J connectivity index is 2.97. The summed E-state index contributed by atoms with van der Waals surface area (Å²) in [7, 11) is -3.96. The number of rotatable bonds is 8. The highest BCUT2D eigenvalue weighted by atomic mass is 32.2. The molecule has 0 aliphatic carbocycles. The van der Waals surface area contributed by atoms with Crippen molar-refractivity contribution in [3.05, 3.63) is 30.3 Å². The molecule has 0 amide bonds. The standard InChI is InChI=1S/C12H21NO5SSi/c1-4-10-20(16-2,17-3)18-12(13)19(14,15)11-8-6-5-7-9-11/h5-9,12H,4,10,13H2,1-3H3. The first-order valence-electron chi connectivity index (χ1n) is 6.24. The zero-order valence-electron chi connectivity index (χ0n) is 11.9. The van der Waals surface area contributed by atoms with Crippen LogP contribution in [0.5, 0.6) is 0 Å². The van der Waals surface area contributed by atoms with Gasteiger partial charge >= 0.3 is 8.80 Å². The highest BCUT2D eigenvalue weighted by molar-refractivity contribution is 7.91. The van der Waals surface area contributed by atoms with Gasteiger partial charge in [-0.25, -0.2) is 8.42 Å². The molecule has 1 aromatic carbocycles. The van der Waals surface area contributed by atoms with Crippen LogP contribution in [0, 0.1) is 0 Å². The summed E-state index contributed by atoms with van der Waals surface area (Å²) in [5.41, 5.74) is 4.20. The van der Waals surface area contributed by atoms with Gasteiger partial charge in [-0.1, -0.05) is 31.5 Å². The van der Waals surface area contributed by atoms with Crippen molar-refractivity contribution in [2.45, 2.75) is 29.8 Å². The quantitative estimate of drug-likeness (QED) is 0.575. The number of benzene rings is 1. The summed E-state index contributed by atoms with van der Waals surface area (Å²) in [6, 6.07) is 8.43. The van der Waals surface area contributed by atoms with Gasteiger partial charge in [0.1, 0.15) is 0 Å². The monoisotopic (exact) mass is 319 g/mol. The van der Waals surface area contributed by atoms with E-state index >= 15 is 0 Å². The van der Waals surface area contributed by atoms with Gasteiger partial charge in [-0.05, 0) is 12.1 Å². The van der Waals surface area contributed by atoms with Gasteiger partial charge in [0.25, 0.3) is 0 Å². The third kappa shape index (κ3) is 3.87. The largest absolute Gasteiger partial charge is 0.502 e. The summed E-state index contributed by atoms with van der Waals surface area (Å²) in [6.45, 7) is 1.93. The summed E-state index contributed by atoms with van der Waals surface area (Å²) in [6.07, 6.45) is 0.742. The lowest BCUT2D eigenvalue weighted by molar-refractivity contribution is 0.0859. The van der Waals surface area contributed by atoms with Gasteiger partial charge in [-0.2, -0.15) is 0 Å². The van der Waals surface area contributed by atoms with Gasteiger partial charge < -0.3 is 13.3 Å². The molecule has 0 heterocycles. The van der Waals surface area contributed by atoms with Crippen molar-refractivity contribution in [3.8, 4) is 0 Å². The molecule has 114 valence electrons. The topological polar surface area (TPSA) is 87.8 Å². The number of nitrogens with two attached hydrogens (primary N) is 1. The van der Waals surface area contributed by atoms with Gasteiger partial charge in [-0.3, -0.25) is 5.73 Å². The fraction of sp³-hybridized carbons (Fsp3) is 0.500. The van der Waals surface area contributed by atoms with Crippen LogP contribution < -0.4 is 5.73 Å². The van der Waals surface area contributed by atoms with Crippen molar-refractivity contribution in [3.63, 3.8) is 0 Å². The Morgan fingerprint density at radius 1 is 1.20 bits per heavy atom. The van der Waals surface area contributed by atoms with Crippen molar-refractivity contribution < 1.29 is 21.7 Å². The first-order valence-corrected chi connectivity index (χ1v) is 9.72. The molecular formula is C12H21NO5SSi. The second kappa shape index (κ2) is 7.30. The van der Waals surface area contributed by atoms with Crippen LogP contribution in [-0.4, -0.2) is 37.0 Å². The second-order valence-corrected chi connectivity index (χ2v) is 9.13. The Morgan fingerprint density at radius 2 is 1.75 bits per heavy atom. The maximum absolute atomic E-state index is 12.3. The van der Waals surface area contributed by atoms with Gasteiger partial charge in [-0.15, -0.1) is 0 Å². The van der Waals surface area contributed by atoms with E-state index in [-0.39, 0.29) is 4.90 Å². The zero-order valence-corrected chi connectivity index (χ0v) is 13.7. The number of hydrogen-bond acceptors (Lipinski definition) is 6. The maximum Gasteiger partial charge on any atom is 0.502 e. The van der Waals surface area contributed by atoms with Crippen LogP contribution in [0.2, 0.25) is 6.04 Å². The summed E-state index contributed by atoms with van der Waals surface area (Å²) in [5, 5.41) is 0.